The van der Waals surface area contributed by atoms with Gasteiger partial charge in [0.1, 0.15) is 10.9 Å². The number of piperidine rings is 2. The average molecular weight is 1370 g/mol. The summed E-state index contributed by atoms with van der Waals surface area (Å²) in [6, 6.07) is 31.2. The van der Waals surface area contributed by atoms with Gasteiger partial charge in [0.25, 0.3) is 25.8 Å². The Morgan fingerprint density at radius 2 is 1.50 bits per heavy atom. The molecule has 1 aliphatic carbocycles. The SMILES string of the molecule is Cn1c(=O)n(C2CCC(=O)NC2=O)c2ccc(N3CCC(CN4CC[C@]5(CCC(c6ccc(Cl)cc6)=C(CN6CCN(c7ccc(C(=O)NS(=O)(=O)c8ccc(N[C@H](CCN9CCCOCC9)CSc9ccccc9)c(S(=O)(=O)C(F)(F)F)c8)cc7)CC6)C5)C4)CC3)cc21. The van der Waals surface area contributed by atoms with E-state index in [2.05, 4.69) is 47.3 Å². The minimum atomic E-state index is -6.10. The third-order valence-electron chi connectivity index (χ3n) is 19.8. The number of hydrogen-bond donors (Lipinski definition) is 3. The summed E-state index contributed by atoms with van der Waals surface area (Å²) in [4.78, 5) is 62.5. The molecule has 1 spiro atoms. The summed E-state index contributed by atoms with van der Waals surface area (Å²) in [5.41, 5.74) is 1.07. The third-order valence-corrected chi connectivity index (χ3v) is 24.0. The topological polar surface area (TPSA) is 208 Å². The number of imidazole rings is 1. The molecule has 3 amide bonds. The molecule has 5 aliphatic heterocycles. The molecular weight excluding hydrogens is 1290 g/mol. The summed E-state index contributed by atoms with van der Waals surface area (Å²) >= 11 is 7.85. The molecule has 5 fully saturated rings. The quantitative estimate of drug-likeness (QED) is 0.0480. The largest absolute Gasteiger partial charge is 0.501 e. The summed E-state index contributed by atoms with van der Waals surface area (Å²) < 4.78 is 108. The zero-order valence-electron chi connectivity index (χ0n) is 52.6. The van der Waals surface area contributed by atoms with Crippen LogP contribution < -0.4 is 30.8 Å². The summed E-state index contributed by atoms with van der Waals surface area (Å²) in [7, 11) is -9.27. The van der Waals surface area contributed by atoms with E-state index >= 15 is 0 Å². The number of alkyl halides is 3. The van der Waals surface area contributed by atoms with Gasteiger partial charge in [0.15, 0.2) is 0 Å². The van der Waals surface area contributed by atoms with E-state index in [4.69, 9.17) is 16.3 Å². The van der Waals surface area contributed by atoms with Gasteiger partial charge in [-0.15, -0.1) is 11.8 Å². The maximum atomic E-state index is 14.4. The number of carbonyl (C=O) groups excluding carboxylic acids is 3. The van der Waals surface area contributed by atoms with Crippen LogP contribution in [-0.4, -0.2) is 174 Å². The predicted molar refractivity (Wildman–Crippen MR) is 360 cm³/mol. The monoisotopic (exact) mass is 1370 g/mol. The standard InChI is InChI=1S/C68H80ClF3N10O9S3/c1-76-61-40-54(16-19-59(61)82(66(76)86)60-20-21-63(83)74-65(60)85)80-30-23-47(24-31-80)43-79-32-27-67(46-79)26-22-57(48-8-12-51(69)13-9-48)50(42-67)44-78-33-35-81(36-34-78)53-14-10-49(11-15-53)64(84)75-94(89,90)56-17-18-58(62(41-56)93(87,88)68(70,71)72)73-52(45-92-55-6-3-2-4-7-55)25-29-77-28-5-38-91-39-37-77/h2-4,6-19,40-41,47,52,60,73H,5,20-39,42-46H2,1H3,(H,75,84)(H,74,83,85)/t52-,60?,67+/m1/s1. The number of imide groups is 1. The molecule has 5 saturated heterocycles. The number of fused-ring (bicyclic) bond motifs is 1. The Morgan fingerprint density at radius 1 is 0.766 bits per heavy atom. The van der Waals surface area contributed by atoms with Crippen molar-refractivity contribution in [3.63, 3.8) is 0 Å². The van der Waals surface area contributed by atoms with Gasteiger partial charge in [0.2, 0.25) is 11.8 Å². The van der Waals surface area contributed by atoms with Crippen LogP contribution in [0.3, 0.4) is 0 Å². The van der Waals surface area contributed by atoms with E-state index in [1.54, 1.807) is 23.7 Å². The Hall–Kier alpha value is -6.71. The highest BCUT2D eigenvalue weighted by Gasteiger charge is 2.49. The van der Waals surface area contributed by atoms with E-state index in [9.17, 15) is 49.2 Å². The van der Waals surface area contributed by atoms with Gasteiger partial charge in [0, 0.05) is 137 Å². The molecule has 1 unspecified atom stereocenters. The van der Waals surface area contributed by atoms with Crippen LogP contribution in [0.4, 0.5) is 30.2 Å². The lowest BCUT2D eigenvalue weighted by molar-refractivity contribution is -0.135. The number of anilines is 3. The van der Waals surface area contributed by atoms with Crippen molar-refractivity contribution in [1.82, 2.24) is 33.9 Å². The molecule has 502 valence electrons. The number of hydrogen-bond acceptors (Lipinski definition) is 16. The van der Waals surface area contributed by atoms with Gasteiger partial charge in [-0.2, -0.15) is 13.2 Å². The van der Waals surface area contributed by atoms with Crippen LogP contribution in [-0.2, 0) is 41.2 Å². The van der Waals surface area contributed by atoms with Crippen LogP contribution >= 0.6 is 23.4 Å². The van der Waals surface area contributed by atoms with Crippen LogP contribution in [0.5, 0.6) is 0 Å². The Balaban J connectivity index is 0.656. The van der Waals surface area contributed by atoms with E-state index in [1.807, 2.05) is 65.4 Å². The number of piperazine rings is 1. The molecule has 1 aromatic heterocycles. The number of likely N-dealkylation sites (tertiary alicyclic amines) is 1. The number of sulfone groups is 1. The molecule has 19 nitrogen and oxygen atoms in total. The van der Waals surface area contributed by atoms with Crippen LogP contribution in [0.25, 0.3) is 16.6 Å². The van der Waals surface area contributed by atoms with Crippen LogP contribution in [0.2, 0.25) is 5.02 Å². The van der Waals surface area contributed by atoms with Crippen molar-refractivity contribution in [2.45, 2.75) is 96.5 Å². The molecule has 6 heterocycles. The van der Waals surface area contributed by atoms with Crippen molar-refractivity contribution in [1.29, 1.82) is 0 Å². The van der Waals surface area contributed by atoms with Crippen molar-refractivity contribution < 1.29 is 49.1 Å². The van der Waals surface area contributed by atoms with Gasteiger partial charge < -0.3 is 29.7 Å². The number of thioether (sulfide) groups is 1. The normalized spacial score (nSPS) is 21.4. The molecule has 94 heavy (non-hydrogen) atoms. The maximum Gasteiger partial charge on any atom is 0.501 e. The lowest BCUT2D eigenvalue weighted by atomic mass is 9.69. The number of allylic oxidation sites excluding steroid dienone is 1. The van der Waals surface area contributed by atoms with Crippen molar-refractivity contribution in [2.24, 2.45) is 18.4 Å². The maximum absolute atomic E-state index is 14.4. The summed E-state index contributed by atoms with van der Waals surface area (Å²) in [5.74, 6) is -0.894. The number of halogens is 4. The Labute approximate surface area is 555 Å². The Morgan fingerprint density at radius 3 is 2.23 bits per heavy atom. The first-order valence-electron chi connectivity index (χ1n) is 32.4. The number of nitrogens with zero attached hydrogens (tertiary/aromatic N) is 7. The Bertz CT molecular complexity index is 4080. The van der Waals surface area contributed by atoms with Crippen LogP contribution in [0.15, 0.2) is 140 Å². The van der Waals surface area contributed by atoms with Crippen molar-refractivity contribution in [3.05, 3.63) is 147 Å². The number of carbonyl (C=O) groups is 3. The fraction of sp³-hybridized carbons (Fsp3) is 0.471. The number of benzene rings is 5. The number of aryl methyl sites for hydroxylation is 1. The van der Waals surface area contributed by atoms with Gasteiger partial charge in [-0.25, -0.2) is 26.4 Å². The van der Waals surface area contributed by atoms with Gasteiger partial charge in [-0.3, -0.25) is 33.7 Å². The number of amides is 3. The second kappa shape index (κ2) is 28.5. The fourth-order valence-electron chi connectivity index (χ4n) is 14.5. The molecule has 0 radical (unpaired) electrons. The molecule has 3 N–H and O–H groups in total. The molecule has 5 aromatic carbocycles. The Kier molecular flexibility index (Phi) is 20.4. The first kappa shape index (κ1) is 67.3. The lowest BCUT2D eigenvalue weighted by Gasteiger charge is -2.41. The molecular formula is C68H80ClF3N10O9S3. The smallest absolute Gasteiger partial charge is 0.380 e. The minimum absolute atomic E-state index is 0.0192. The van der Waals surface area contributed by atoms with Crippen LogP contribution in [0, 0.1) is 11.3 Å². The predicted octanol–water partition coefficient (Wildman–Crippen LogP) is 9.44. The second-order valence-electron chi connectivity index (χ2n) is 25.9. The number of ether oxygens (including phenoxy) is 1. The molecule has 12 rings (SSSR count). The highest BCUT2D eigenvalue weighted by Crippen LogP contribution is 2.49. The first-order chi connectivity index (χ1) is 45.1. The van der Waals surface area contributed by atoms with E-state index in [0.717, 1.165) is 138 Å². The molecule has 0 saturated carbocycles. The molecule has 6 aromatic rings. The van der Waals surface area contributed by atoms with Crippen molar-refractivity contribution >= 4 is 94.6 Å². The molecule has 6 aliphatic rings. The number of nitrogens with one attached hydrogen (secondary N) is 3. The lowest BCUT2D eigenvalue weighted by Crippen LogP contribution is -2.47. The summed E-state index contributed by atoms with van der Waals surface area (Å²) in [6.45, 7) is 11.9. The molecule has 3 atom stereocenters. The second-order valence-corrected chi connectivity index (χ2v) is 31.1. The summed E-state index contributed by atoms with van der Waals surface area (Å²) in [5, 5.41) is 6.11. The van der Waals surface area contributed by atoms with E-state index in [1.165, 1.54) is 45.2 Å². The fourth-order valence-corrected chi connectivity index (χ4v) is 17.7. The molecule has 0 bridgehead atoms. The van der Waals surface area contributed by atoms with E-state index in [-0.39, 0.29) is 35.4 Å². The zero-order valence-corrected chi connectivity index (χ0v) is 55.8. The highest BCUT2D eigenvalue weighted by molar-refractivity contribution is 7.99. The van der Waals surface area contributed by atoms with Crippen LogP contribution in [0.1, 0.15) is 86.2 Å². The summed E-state index contributed by atoms with van der Waals surface area (Å²) in [6.07, 6.45) is 8.07. The van der Waals surface area contributed by atoms with Gasteiger partial charge >= 0.3 is 11.2 Å². The van der Waals surface area contributed by atoms with Gasteiger partial charge in [-0.05, 0) is 172 Å². The number of rotatable bonds is 20. The minimum Gasteiger partial charge on any atom is -0.380 e. The van der Waals surface area contributed by atoms with E-state index in [0.29, 0.717) is 74.1 Å². The van der Waals surface area contributed by atoms with Crippen molar-refractivity contribution in [2.75, 3.05) is 119 Å². The van der Waals surface area contributed by atoms with E-state index < -0.39 is 64.7 Å². The number of aromatic nitrogens is 2. The molecule has 26 heteroatoms. The van der Waals surface area contributed by atoms with Crippen molar-refractivity contribution in [3.8, 4) is 0 Å². The average Bonchev–Trinajstić information content (AvgIpc) is 1.46. The van der Waals surface area contributed by atoms with Gasteiger partial charge in [-0.1, -0.05) is 47.5 Å². The number of sulfonamides is 1. The first-order valence-corrected chi connectivity index (χ1v) is 36.7. The zero-order chi connectivity index (χ0) is 65.9. The highest BCUT2D eigenvalue weighted by atomic mass is 35.5. The third kappa shape index (κ3) is 15.3. The van der Waals surface area contributed by atoms with Gasteiger partial charge in [0.05, 0.1) is 28.2 Å².